The van der Waals surface area contributed by atoms with E-state index in [2.05, 4.69) is 37.0 Å². The minimum absolute atomic E-state index is 0.655. The second kappa shape index (κ2) is 5.33. The molecule has 1 atom stereocenters. The van der Waals surface area contributed by atoms with Crippen molar-refractivity contribution < 1.29 is 5.11 Å². The summed E-state index contributed by atoms with van der Waals surface area (Å²) >= 11 is 6.84. The summed E-state index contributed by atoms with van der Waals surface area (Å²) in [6, 6.07) is 5.72. The van der Waals surface area contributed by atoms with Crippen molar-refractivity contribution in [3.8, 4) is 0 Å². The van der Waals surface area contributed by atoms with E-state index >= 15 is 0 Å². The van der Waals surface area contributed by atoms with Crippen LogP contribution in [0.5, 0.6) is 0 Å². The maximum absolute atomic E-state index is 10.3. The van der Waals surface area contributed by atoms with Gasteiger partial charge in [-0.05, 0) is 24.6 Å². The Bertz CT molecular complexity index is 525. The Morgan fingerprint density at radius 1 is 1.41 bits per heavy atom. The van der Waals surface area contributed by atoms with Gasteiger partial charge in [0.15, 0.2) is 0 Å². The average Bonchev–Trinajstić information content (AvgIpc) is 2.76. The van der Waals surface area contributed by atoms with Gasteiger partial charge in [-0.15, -0.1) is 0 Å². The van der Waals surface area contributed by atoms with Crippen LogP contribution in [0.2, 0.25) is 0 Å². The van der Waals surface area contributed by atoms with Gasteiger partial charge in [-0.2, -0.15) is 5.10 Å². The number of hydrogen-bond acceptors (Lipinski definition) is 2. The molecule has 0 radical (unpaired) electrons. The average molecular weight is 360 g/mol. The molecule has 0 saturated carbocycles. The molecule has 0 saturated heterocycles. The second-order valence-corrected chi connectivity index (χ2v) is 5.47. The fraction of sp³-hybridized carbons (Fsp3) is 0.250. The molecule has 1 heterocycles. The summed E-state index contributed by atoms with van der Waals surface area (Å²) in [5.41, 5.74) is 1.64. The highest BCUT2D eigenvalue weighted by atomic mass is 79.9. The van der Waals surface area contributed by atoms with Crippen LogP contribution in [0.25, 0.3) is 0 Å². The zero-order chi connectivity index (χ0) is 12.4. The lowest BCUT2D eigenvalue weighted by molar-refractivity contribution is 0.219. The van der Waals surface area contributed by atoms with Crippen LogP contribution in [0.4, 0.5) is 0 Å². The standard InChI is InChI=1S/C12H12Br2N2O/c1-2-16-7-8(6-15-16)12(17)10-4-3-9(13)5-11(10)14/h3-7,12,17H,2H2,1H3. The van der Waals surface area contributed by atoms with Gasteiger partial charge in [0.2, 0.25) is 0 Å². The van der Waals surface area contributed by atoms with E-state index in [1.807, 2.05) is 31.3 Å². The van der Waals surface area contributed by atoms with Crippen LogP contribution in [0, 0.1) is 0 Å². The number of nitrogens with zero attached hydrogens (tertiary/aromatic N) is 2. The van der Waals surface area contributed by atoms with Crippen LogP contribution in [-0.4, -0.2) is 14.9 Å². The number of benzene rings is 1. The zero-order valence-electron chi connectivity index (χ0n) is 9.27. The minimum atomic E-state index is -0.655. The molecule has 1 unspecified atom stereocenters. The first-order valence-electron chi connectivity index (χ1n) is 5.27. The topological polar surface area (TPSA) is 38.0 Å². The Hall–Kier alpha value is -0.650. The van der Waals surface area contributed by atoms with E-state index in [-0.39, 0.29) is 0 Å². The number of hydrogen-bond donors (Lipinski definition) is 1. The number of aliphatic hydroxyl groups is 1. The maximum atomic E-state index is 10.3. The van der Waals surface area contributed by atoms with Crippen molar-refractivity contribution in [2.45, 2.75) is 19.6 Å². The van der Waals surface area contributed by atoms with Gasteiger partial charge in [-0.3, -0.25) is 4.68 Å². The fourth-order valence-electron chi connectivity index (χ4n) is 1.60. The van der Waals surface area contributed by atoms with E-state index in [0.29, 0.717) is 0 Å². The minimum Gasteiger partial charge on any atom is -0.383 e. The molecule has 0 spiro atoms. The van der Waals surface area contributed by atoms with E-state index < -0.39 is 6.10 Å². The van der Waals surface area contributed by atoms with Crippen LogP contribution in [0.15, 0.2) is 39.5 Å². The molecule has 0 aliphatic heterocycles. The molecule has 0 aliphatic carbocycles. The molecule has 0 bridgehead atoms. The van der Waals surface area contributed by atoms with Crippen molar-refractivity contribution in [3.63, 3.8) is 0 Å². The monoisotopic (exact) mass is 358 g/mol. The number of rotatable bonds is 3. The van der Waals surface area contributed by atoms with Crippen LogP contribution in [0.3, 0.4) is 0 Å². The van der Waals surface area contributed by atoms with Crippen LogP contribution >= 0.6 is 31.9 Å². The molecule has 5 heteroatoms. The van der Waals surface area contributed by atoms with Gasteiger partial charge in [0, 0.05) is 27.3 Å². The number of aryl methyl sites for hydroxylation is 1. The first-order valence-corrected chi connectivity index (χ1v) is 6.85. The Morgan fingerprint density at radius 3 is 2.76 bits per heavy atom. The molecule has 1 N–H and O–H groups in total. The Labute approximate surface area is 117 Å². The Kier molecular flexibility index (Phi) is 4.01. The highest BCUT2D eigenvalue weighted by Crippen LogP contribution is 2.30. The summed E-state index contributed by atoms with van der Waals surface area (Å²) in [5.74, 6) is 0. The summed E-state index contributed by atoms with van der Waals surface area (Å²) in [5, 5.41) is 14.4. The summed E-state index contributed by atoms with van der Waals surface area (Å²) in [6.45, 7) is 2.81. The SMILES string of the molecule is CCn1cc(C(O)c2ccc(Br)cc2Br)cn1. The summed E-state index contributed by atoms with van der Waals surface area (Å²) in [6.07, 6.45) is 2.90. The van der Waals surface area contributed by atoms with E-state index in [9.17, 15) is 5.11 Å². The molecule has 1 aromatic carbocycles. The summed E-state index contributed by atoms with van der Waals surface area (Å²) in [7, 11) is 0. The van der Waals surface area contributed by atoms with Gasteiger partial charge in [0.25, 0.3) is 0 Å². The molecule has 3 nitrogen and oxygen atoms in total. The smallest absolute Gasteiger partial charge is 0.108 e. The first kappa shape index (κ1) is 12.8. The van der Waals surface area contributed by atoms with Crippen LogP contribution in [-0.2, 0) is 6.54 Å². The maximum Gasteiger partial charge on any atom is 0.108 e. The van der Waals surface area contributed by atoms with Crippen LogP contribution in [0.1, 0.15) is 24.2 Å². The molecule has 2 rings (SSSR count). The quantitative estimate of drug-likeness (QED) is 0.910. The number of aromatic nitrogens is 2. The lowest BCUT2D eigenvalue weighted by Crippen LogP contribution is -2.00. The first-order chi connectivity index (χ1) is 8.11. The van der Waals surface area contributed by atoms with Crippen molar-refractivity contribution in [1.82, 2.24) is 9.78 Å². The normalized spacial score (nSPS) is 12.7. The largest absolute Gasteiger partial charge is 0.383 e. The van der Waals surface area contributed by atoms with Gasteiger partial charge in [-0.1, -0.05) is 37.9 Å². The molecule has 0 amide bonds. The third kappa shape index (κ3) is 2.78. The molecule has 0 fully saturated rings. The van der Waals surface area contributed by atoms with E-state index in [1.54, 1.807) is 10.9 Å². The van der Waals surface area contributed by atoms with Crippen molar-refractivity contribution in [1.29, 1.82) is 0 Å². The van der Waals surface area contributed by atoms with E-state index in [1.165, 1.54) is 0 Å². The molecular formula is C12H12Br2N2O. The van der Waals surface area contributed by atoms with Gasteiger partial charge in [0.1, 0.15) is 6.10 Å². The van der Waals surface area contributed by atoms with Crippen molar-refractivity contribution >= 4 is 31.9 Å². The second-order valence-electron chi connectivity index (χ2n) is 3.70. The highest BCUT2D eigenvalue weighted by Gasteiger charge is 2.15. The van der Waals surface area contributed by atoms with Gasteiger partial charge in [0.05, 0.1) is 6.20 Å². The summed E-state index contributed by atoms with van der Waals surface area (Å²) in [4.78, 5) is 0. The van der Waals surface area contributed by atoms with Crippen molar-refractivity contribution in [2.24, 2.45) is 0 Å². The fourth-order valence-corrected chi connectivity index (χ4v) is 2.86. The van der Waals surface area contributed by atoms with E-state index in [0.717, 1.165) is 26.6 Å². The third-order valence-corrected chi connectivity index (χ3v) is 3.73. The van der Waals surface area contributed by atoms with Gasteiger partial charge in [-0.25, -0.2) is 0 Å². The lowest BCUT2D eigenvalue weighted by atomic mass is 10.1. The molecule has 17 heavy (non-hydrogen) atoms. The van der Waals surface area contributed by atoms with Crippen molar-refractivity contribution in [3.05, 3.63) is 50.7 Å². The summed E-state index contributed by atoms with van der Waals surface area (Å²) < 4.78 is 3.65. The zero-order valence-corrected chi connectivity index (χ0v) is 12.4. The predicted octanol–water partition coefficient (Wildman–Crippen LogP) is 3.51. The van der Waals surface area contributed by atoms with Gasteiger partial charge >= 0.3 is 0 Å². The Morgan fingerprint density at radius 2 is 2.18 bits per heavy atom. The number of halogens is 2. The molecule has 90 valence electrons. The van der Waals surface area contributed by atoms with Crippen molar-refractivity contribution in [2.75, 3.05) is 0 Å². The molecule has 0 aliphatic rings. The van der Waals surface area contributed by atoms with Gasteiger partial charge < -0.3 is 5.11 Å². The van der Waals surface area contributed by atoms with E-state index in [4.69, 9.17) is 0 Å². The lowest BCUT2D eigenvalue weighted by Gasteiger charge is -2.11. The molecule has 2 aromatic rings. The highest BCUT2D eigenvalue weighted by molar-refractivity contribution is 9.11. The third-order valence-electron chi connectivity index (χ3n) is 2.55. The predicted molar refractivity (Wildman–Crippen MR) is 73.8 cm³/mol. The van der Waals surface area contributed by atoms with Crippen LogP contribution < -0.4 is 0 Å². The number of aliphatic hydroxyl groups excluding tert-OH is 1. The Balaban J connectivity index is 2.33. The molecule has 1 aromatic heterocycles. The molecular weight excluding hydrogens is 348 g/mol.